The lowest BCUT2D eigenvalue weighted by Crippen LogP contribution is -1.98. The van der Waals surface area contributed by atoms with Crippen molar-refractivity contribution in [3.8, 4) is 45.4 Å². The van der Waals surface area contributed by atoms with Gasteiger partial charge in [0.25, 0.3) is 0 Å². The first-order valence-corrected chi connectivity index (χ1v) is 17.1. The molecule has 6 aromatic carbocycles. The molecule has 10 rings (SSSR count). The van der Waals surface area contributed by atoms with Crippen molar-refractivity contribution in [3.63, 3.8) is 0 Å². The highest BCUT2D eigenvalue weighted by molar-refractivity contribution is 6.10. The molecule has 0 spiro atoms. The van der Waals surface area contributed by atoms with Crippen LogP contribution in [0, 0.1) is 0 Å². The van der Waals surface area contributed by atoms with E-state index in [0.717, 1.165) is 78.2 Å². The average molecular weight is 655 g/mol. The van der Waals surface area contributed by atoms with E-state index in [-0.39, 0.29) is 0 Å². The van der Waals surface area contributed by atoms with E-state index in [1.165, 1.54) is 10.8 Å². The highest BCUT2D eigenvalue weighted by atomic mass is 16.5. The van der Waals surface area contributed by atoms with Crippen LogP contribution in [0.5, 0.6) is 11.5 Å². The van der Waals surface area contributed by atoms with E-state index >= 15 is 0 Å². The zero-order valence-electron chi connectivity index (χ0n) is 27.5. The second-order valence-electron chi connectivity index (χ2n) is 12.7. The first kappa shape index (κ1) is 29.0. The zero-order chi connectivity index (χ0) is 33.7. The van der Waals surface area contributed by atoms with Crippen molar-refractivity contribution in [1.82, 2.24) is 19.1 Å². The largest absolute Gasteiger partial charge is 0.457 e. The summed E-state index contributed by atoms with van der Waals surface area (Å²) in [5.74, 6) is 3.21. The Labute approximate surface area is 294 Å². The molecule has 0 aliphatic rings. The fourth-order valence-corrected chi connectivity index (χ4v) is 7.30. The summed E-state index contributed by atoms with van der Waals surface area (Å²) < 4.78 is 11.1. The molecule has 4 aromatic heterocycles. The van der Waals surface area contributed by atoms with Crippen LogP contribution in [0.15, 0.2) is 182 Å². The Hall–Kier alpha value is -6.98. The fourth-order valence-electron chi connectivity index (χ4n) is 7.30. The predicted octanol–water partition coefficient (Wildman–Crippen LogP) is 11.8. The van der Waals surface area contributed by atoms with Gasteiger partial charge in [-0.2, -0.15) is 0 Å². The third-order valence-corrected chi connectivity index (χ3v) is 9.69. The number of hydrogen-bond donors (Lipinski definition) is 0. The highest BCUT2D eigenvalue weighted by Crippen LogP contribution is 2.38. The second kappa shape index (κ2) is 11.9. The second-order valence-corrected chi connectivity index (χ2v) is 12.7. The molecule has 0 aliphatic heterocycles. The molecule has 0 saturated heterocycles. The smallest absolute Gasteiger partial charge is 0.137 e. The Bertz CT molecular complexity index is 2660. The molecule has 240 valence electrons. The number of hydrogen-bond acceptors (Lipinski definition) is 3. The Morgan fingerprint density at radius 2 is 0.745 bits per heavy atom. The average Bonchev–Trinajstić information content (AvgIpc) is 3.71. The van der Waals surface area contributed by atoms with Crippen LogP contribution in [0.3, 0.4) is 0 Å². The molecule has 0 fully saturated rings. The van der Waals surface area contributed by atoms with Gasteiger partial charge < -0.3 is 4.74 Å². The lowest BCUT2D eigenvalue weighted by atomic mass is 10.1. The molecular weight excluding hydrogens is 625 g/mol. The van der Waals surface area contributed by atoms with Crippen molar-refractivity contribution in [2.45, 2.75) is 0 Å². The quantitative estimate of drug-likeness (QED) is 0.179. The first-order valence-electron chi connectivity index (χ1n) is 17.1. The summed E-state index contributed by atoms with van der Waals surface area (Å²) in [5.41, 5.74) is 8.72. The molecule has 5 heteroatoms. The summed E-state index contributed by atoms with van der Waals surface area (Å²) in [7, 11) is 0. The lowest BCUT2D eigenvalue weighted by molar-refractivity contribution is 0.484. The van der Waals surface area contributed by atoms with Crippen molar-refractivity contribution < 1.29 is 4.74 Å². The Kier molecular flexibility index (Phi) is 6.74. The molecule has 51 heavy (non-hydrogen) atoms. The van der Waals surface area contributed by atoms with Crippen LogP contribution in [-0.4, -0.2) is 19.1 Å². The van der Waals surface area contributed by atoms with Crippen LogP contribution in [0.1, 0.15) is 0 Å². The van der Waals surface area contributed by atoms with E-state index < -0.39 is 0 Å². The lowest BCUT2D eigenvalue weighted by Gasteiger charge is -2.11. The molecule has 10 aromatic rings. The van der Waals surface area contributed by atoms with Crippen molar-refractivity contribution in [2.24, 2.45) is 0 Å². The Morgan fingerprint density at radius 3 is 1.18 bits per heavy atom. The molecule has 0 radical (unpaired) electrons. The van der Waals surface area contributed by atoms with E-state index in [2.05, 4.69) is 167 Å². The van der Waals surface area contributed by atoms with Crippen molar-refractivity contribution in [1.29, 1.82) is 0 Å². The number of para-hydroxylation sites is 2. The molecular formula is C46H30N4O. The Morgan fingerprint density at radius 1 is 0.333 bits per heavy atom. The van der Waals surface area contributed by atoms with Gasteiger partial charge in [-0.25, -0.2) is 9.97 Å². The number of benzene rings is 6. The van der Waals surface area contributed by atoms with Gasteiger partial charge in [0, 0.05) is 57.2 Å². The summed E-state index contributed by atoms with van der Waals surface area (Å²) in [4.78, 5) is 9.88. The summed E-state index contributed by atoms with van der Waals surface area (Å²) in [6.07, 6.45) is 3.90. The molecule has 0 amide bonds. The van der Waals surface area contributed by atoms with E-state index in [0.29, 0.717) is 0 Å². The van der Waals surface area contributed by atoms with Crippen LogP contribution in [-0.2, 0) is 0 Å². The van der Waals surface area contributed by atoms with Gasteiger partial charge >= 0.3 is 0 Å². The van der Waals surface area contributed by atoms with Gasteiger partial charge in [0.15, 0.2) is 0 Å². The summed E-state index contributed by atoms with van der Waals surface area (Å²) in [6, 6.07) is 58.7. The maximum absolute atomic E-state index is 6.65. The molecule has 0 bridgehead atoms. The SMILES string of the molecule is c1ccc(-c2ccc(-n3c4ccccc4c4ccc(Oc5ccc6c7ccccc7n(-c7ccc(-c8ccccc8)cn7)c6c5)cc43)nc2)cc1. The summed E-state index contributed by atoms with van der Waals surface area (Å²) in [5, 5.41) is 4.63. The number of rotatable bonds is 6. The van der Waals surface area contributed by atoms with Crippen LogP contribution in [0.25, 0.3) is 77.5 Å². The van der Waals surface area contributed by atoms with Gasteiger partial charge in [0.2, 0.25) is 0 Å². The molecule has 0 saturated carbocycles. The topological polar surface area (TPSA) is 44.9 Å². The molecule has 0 N–H and O–H groups in total. The molecule has 4 heterocycles. The minimum atomic E-state index is 0.750. The monoisotopic (exact) mass is 654 g/mol. The molecule has 0 unspecified atom stereocenters. The maximum Gasteiger partial charge on any atom is 0.137 e. The van der Waals surface area contributed by atoms with Crippen molar-refractivity contribution in [2.75, 3.05) is 0 Å². The zero-order valence-corrected chi connectivity index (χ0v) is 27.5. The number of fused-ring (bicyclic) bond motifs is 6. The van der Waals surface area contributed by atoms with Gasteiger partial charge in [-0.3, -0.25) is 9.13 Å². The number of pyridine rings is 2. The van der Waals surface area contributed by atoms with Crippen LogP contribution in [0.4, 0.5) is 0 Å². The van der Waals surface area contributed by atoms with Crippen LogP contribution in [0.2, 0.25) is 0 Å². The number of ether oxygens (including phenoxy) is 1. The standard InChI is InChI=1S/C46H30N4O/c1-3-11-31(12-4-1)33-19-25-45(47-29-33)49-41-17-9-7-15-37(41)39-23-21-35(27-43(39)49)51-36-22-24-40-38-16-8-10-18-42(38)50(44(40)28-36)46-26-20-34(30-48-46)32-13-5-2-6-14-32/h1-30H. The van der Waals surface area contributed by atoms with E-state index in [4.69, 9.17) is 14.7 Å². The third kappa shape index (κ3) is 4.94. The van der Waals surface area contributed by atoms with E-state index in [1.54, 1.807) is 0 Å². The molecule has 0 aliphatic carbocycles. The van der Waals surface area contributed by atoms with Gasteiger partial charge in [0.05, 0.1) is 22.1 Å². The summed E-state index contributed by atoms with van der Waals surface area (Å²) >= 11 is 0. The van der Waals surface area contributed by atoms with Crippen LogP contribution >= 0.6 is 0 Å². The van der Waals surface area contributed by atoms with E-state index in [9.17, 15) is 0 Å². The van der Waals surface area contributed by atoms with Gasteiger partial charge in [-0.05, 0) is 71.8 Å². The summed E-state index contributed by atoms with van der Waals surface area (Å²) in [6.45, 7) is 0. The minimum Gasteiger partial charge on any atom is -0.457 e. The highest BCUT2D eigenvalue weighted by Gasteiger charge is 2.17. The van der Waals surface area contributed by atoms with Gasteiger partial charge in [-0.1, -0.05) is 97.1 Å². The predicted molar refractivity (Wildman–Crippen MR) is 208 cm³/mol. The van der Waals surface area contributed by atoms with Gasteiger partial charge in [0.1, 0.15) is 23.1 Å². The number of aromatic nitrogens is 4. The minimum absolute atomic E-state index is 0.750. The maximum atomic E-state index is 6.65. The van der Waals surface area contributed by atoms with Crippen LogP contribution < -0.4 is 4.74 Å². The Balaban J connectivity index is 1.06. The molecule has 5 nitrogen and oxygen atoms in total. The van der Waals surface area contributed by atoms with Crippen molar-refractivity contribution in [3.05, 3.63) is 182 Å². The van der Waals surface area contributed by atoms with Crippen molar-refractivity contribution >= 4 is 43.6 Å². The van der Waals surface area contributed by atoms with E-state index in [1.807, 2.05) is 24.5 Å². The molecule has 0 atom stereocenters. The van der Waals surface area contributed by atoms with Gasteiger partial charge in [-0.15, -0.1) is 0 Å². The first-order chi connectivity index (χ1) is 25.3. The third-order valence-electron chi connectivity index (χ3n) is 9.69. The fraction of sp³-hybridized carbons (Fsp3) is 0. The normalized spacial score (nSPS) is 11.5. The number of nitrogens with zero attached hydrogens (tertiary/aromatic N) is 4.